The molecule has 3 aromatic rings. The Kier molecular flexibility index (Phi) is 5.69. The van der Waals surface area contributed by atoms with Gasteiger partial charge >= 0.3 is 0 Å². The van der Waals surface area contributed by atoms with Crippen LogP contribution >= 0.6 is 0 Å². The average molecular weight is 335 g/mol. The first-order valence-electron chi connectivity index (χ1n) is 8.64. The number of methoxy groups -OCH3 is 1. The molecule has 25 heavy (non-hydrogen) atoms. The lowest BCUT2D eigenvalue weighted by molar-refractivity contribution is 0.148. The number of hydrogen-bond donors (Lipinski definition) is 1. The molecule has 0 aliphatic rings. The molecule has 0 bridgehead atoms. The molecule has 3 heteroatoms. The van der Waals surface area contributed by atoms with E-state index in [-0.39, 0.29) is 0 Å². The Balaban J connectivity index is 1.60. The third-order valence-corrected chi connectivity index (χ3v) is 4.54. The lowest BCUT2D eigenvalue weighted by Gasteiger charge is -2.19. The van der Waals surface area contributed by atoms with Gasteiger partial charge in [-0.15, -0.1) is 0 Å². The van der Waals surface area contributed by atoms with E-state index in [1.807, 2.05) is 36.4 Å². The molecular weight excluding hydrogens is 310 g/mol. The Morgan fingerprint density at radius 1 is 0.960 bits per heavy atom. The number of rotatable bonds is 7. The fraction of sp³-hybridized carbons (Fsp3) is 0.273. The minimum atomic E-state index is -0.454. The topological polar surface area (TPSA) is 32.7 Å². The summed E-state index contributed by atoms with van der Waals surface area (Å²) in [6.45, 7) is 1.74. The highest BCUT2D eigenvalue weighted by Crippen LogP contribution is 2.25. The second-order valence-electron chi connectivity index (χ2n) is 6.50. The first-order valence-corrected chi connectivity index (χ1v) is 8.64. The standard InChI is InChI=1S/C22H25NO2/c1-23(16-17-6-4-3-5-7-17)13-12-22(24)20-9-8-19-15-21(25-2)11-10-18(19)14-20/h3-11,14-15,22,24H,12-13,16H2,1-2H3. The van der Waals surface area contributed by atoms with E-state index in [1.165, 1.54) is 5.56 Å². The number of hydrogen-bond acceptors (Lipinski definition) is 3. The van der Waals surface area contributed by atoms with Crippen LogP contribution in [0.25, 0.3) is 10.8 Å². The van der Waals surface area contributed by atoms with E-state index in [0.29, 0.717) is 6.42 Å². The highest BCUT2D eigenvalue weighted by Gasteiger charge is 2.10. The molecule has 0 saturated carbocycles. The van der Waals surface area contributed by atoms with Gasteiger partial charge in [0.2, 0.25) is 0 Å². The van der Waals surface area contributed by atoms with Crippen molar-refractivity contribution in [2.75, 3.05) is 20.7 Å². The molecule has 0 aromatic heterocycles. The van der Waals surface area contributed by atoms with Crippen LogP contribution in [0.3, 0.4) is 0 Å². The van der Waals surface area contributed by atoms with Gasteiger partial charge in [0, 0.05) is 13.1 Å². The van der Waals surface area contributed by atoms with Gasteiger partial charge in [0.25, 0.3) is 0 Å². The molecule has 1 unspecified atom stereocenters. The quantitative estimate of drug-likeness (QED) is 0.694. The summed E-state index contributed by atoms with van der Waals surface area (Å²) in [7, 11) is 3.76. The van der Waals surface area contributed by atoms with E-state index < -0.39 is 6.10 Å². The fourth-order valence-corrected chi connectivity index (χ4v) is 3.06. The third kappa shape index (κ3) is 4.59. The van der Waals surface area contributed by atoms with Crippen molar-refractivity contribution in [3.63, 3.8) is 0 Å². The maximum Gasteiger partial charge on any atom is 0.119 e. The van der Waals surface area contributed by atoms with Crippen LogP contribution in [0, 0.1) is 0 Å². The van der Waals surface area contributed by atoms with E-state index >= 15 is 0 Å². The molecule has 1 N–H and O–H groups in total. The van der Waals surface area contributed by atoms with Gasteiger partial charge in [0.05, 0.1) is 13.2 Å². The first kappa shape index (κ1) is 17.5. The van der Waals surface area contributed by atoms with Crippen molar-refractivity contribution < 1.29 is 9.84 Å². The zero-order valence-corrected chi connectivity index (χ0v) is 14.9. The molecule has 3 rings (SSSR count). The number of aliphatic hydroxyl groups is 1. The third-order valence-electron chi connectivity index (χ3n) is 4.54. The van der Waals surface area contributed by atoms with Crippen molar-refractivity contribution in [1.82, 2.24) is 4.90 Å². The maximum absolute atomic E-state index is 10.5. The van der Waals surface area contributed by atoms with Gasteiger partial charge in [-0.05, 0) is 53.6 Å². The smallest absolute Gasteiger partial charge is 0.119 e. The zero-order chi connectivity index (χ0) is 17.6. The normalized spacial score (nSPS) is 12.5. The predicted molar refractivity (Wildman–Crippen MR) is 103 cm³/mol. The fourth-order valence-electron chi connectivity index (χ4n) is 3.06. The van der Waals surface area contributed by atoms with Gasteiger partial charge in [-0.25, -0.2) is 0 Å². The minimum Gasteiger partial charge on any atom is -0.497 e. The highest BCUT2D eigenvalue weighted by molar-refractivity contribution is 5.84. The molecule has 0 aliphatic heterocycles. The Labute approximate surface area is 149 Å². The summed E-state index contributed by atoms with van der Waals surface area (Å²) in [4.78, 5) is 2.24. The lowest BCUT2D eigenvalue weighted by Crippen LogP contribution is -2.20. The molecule has 0 amide bonds. The van der Waals surface area contributed by atoms with Crippen molar-refractivity contribution in [3.8, 4) is 5.75 Å². The largest absolute Gasteiger partial charge is 0.497 e. The van der Waals surface area contributed by atoms with E-state index in [9.17, 15) is 5.11 Å². The molecular formula is C22H25NO2. The second kappa shape index (κ2) is 8.15. The van der Waals surface area contributed by atoms with Crippen LogP contribution in [0.1, 0.15) is 23.7 Å². The van der Waals surface area contributed by atoms with E-state index in [4.69, 9.17) is 4.74 Å². The van der Waals surface area contributed by atoms with Gasteiger partial charge in [-0.3, -0.25) is 0 Å². The summed E-state index contributed by atoms with van der Waals surface area (Å²) in [5.74, 6) is 0.850. The molecule has 3 nitrogen and oxygen atoms in total. The SMILES string of the molecule is COc1ccc2cc(C(O)CCN(C)Cc3ccccc3)ccc2c1. The van der Waals surface area contributed by atoms with Crippen LogP contribution < -0.4 is 4.74 Å². The van der Waals surface area contributed by atoms with E-state index in [2.05, 4.69) is 42.3 Å². The monoisotopic (exact) mass is 335 g/mol. The van der Waals surface area contributed by atoms with Crippen LogP contribution in [0.4, 0.5) is 0 Å². The summed E-state index contributed by atoms with van der Waals surface area (Å²) in [5, 5.41) is 12.8. The van der Waals surface area contributed by atoms with Gasteiger partial charge < -0.3 is 14.7 Å². The molecule has 1 atom stereocenters. The number of nitrogens with zero attached hydrogens (tertiary/aromatic N) is 1. The van der Waals surface area contributed by atoms with E-state index in [1.54, 1.807) is 7.11 Å². The van der Waals surface area contributed by atoms with Gasteiger partial charge in [0.15, 0.2) is 0 Å². The van der Waals surface area contributed by atoms with Crippen molar-refractivity contribution >= 4 is 10.8 Å². The predicted octanol–water partition coefficient (Wildman–Crippen LogP) is 4.40. The van der Waals surface area contributed by atoms with Crippen molar-refractivity contribution in [1.29, 1.82) is 0 Å². The molecule has 0 aliphatic carbocycles. The summed E-state index contributed by atoms with van der Waals surface area (Å²) >= 11 is 0. The summed E-state index contributed by atoms with van der Waals surface area (Å²) in [5.41, 5.74) is 2.25. The number of fused-ring (bicyclic) bond motifs is 1. The first-order chi connectivity index (χ1) is 12.2. The van der Waals surface area contributed by atoms with Gasteiger partial charge in [-0.2, -0.15) is 0 Å². The zero-order valence-electron chi connectivity index (χ0n) is 14.9. The number of benzene rings is 3. The molecule has 0 spiro atoms. The van der Waals surface area contributed by atoms with E-state index in [0.717, 1.165) is 35.2 Å². The molecule has 0 fully saturated rings. The van der Waals surface area contributed by atoms with Crippen LogP contribution in [0.5, 0.6) is 5.75 Å². The van der Waals surface area contributed by atoms with Crippen molar-refractivity contribution in [2.45, 2.75) is 19.1 Å². The Morgan fingerprint density at radius 2 is 1.68 bits per heavy atom. The Hall–Kier alpha value is -2.36. The summed E-state index contributed by atoms with van der Waals surface area (Å²) < 4.78 is 5.26. The highest BCUT2D eigenvalue weighted by atomic mass is 16.5. The van der Waals surface area contributed by atoms with Crippen LogP contribution in [0.2, 0.25) is 0 Å². The van der Waals surface area contributed by atoms with Gasteiger partial charge in [-0.1, -0.05) is 48.5 Å². The van der Waals surface area contributed by atoms with Crippen LogP contribution in [0.15, 0.2) is 66.7 Å². The maximum atomic E-state index is 10.5. The molecule has 3 aromatic carbocycles. The molecule has 0 heterocycles. The lowest BCUT2D eigenvalue weighted by atomic mass is 10.0. The number of aliphatic hydroxyl groups excluding tert-OH is 1. The van der Waals surface area contributed by atoms with Crippen molar-refractivity contribution in [2.24, 2.45) is 0 Å². The summed E-state index contributed by atoms with van der Waals surface area (Å²) in [6, 6.07) is 22.5. The van der Waals surface area contributed by atoms with Crippen LogP contribution in [-0.4, -0.2) is 30.7 Å². The molecule has 0 radical (unpaired) electrons. The second-order valence-corrected chi connectivity index (χ2v) is 6.50. The van der Waals surface area contributed by atoms with Crippen LogP contribution in [-0.2, 0) is 6.54 Å². The molecule has 0 saturated heterocycles. The Bertz CT molecular complexity index is 817. The minimum absolute atomic E-state index is 0.454. The average Bonchev–Trinajstić information content (AvgIpc) is 2.66. The van der Waals surface area contributed by atoms with Gasteiger partial charge in [0.1, 0.15) is 5.75 Å². The summed E-state index contributed by atoms with van der Waals surface area (Å²) in [6.07, 6.45) is 0.259. The molecule has 130 valence electrons. The van der Waals surface area contributed by atoms with Crippen molar-refractivity contribution in [3.05, 3.63) is 77.9 Å². The number of ether oxygens (including phenoxy) is 1. The Morgan fingerprint density at radius 3 is 2.44 bits per heavy atom.